The molecule has 0 N–H and O–H groups in total. The summed E-state index contributed by atoms with van der Waals surface area (Å²) in [6.07, 6.45) is 8.00. The Morgan fingerprint density at radius 2 is 1.76 bits per heavy atom. The molecule has 4 nitrogen and oxygen atoms in total. The Kier molecular flexibility index (Phi) is 7.26. The second-order valence-corrected chi connectivity index (χ2v) is 9.59. The third kappa shape index (κ3) is 4.96. The molecule has 4 heteroatoms. The number of aryl methyl sites for hydroxylation is 1. The summed E-state index contributed by atoms with van der Waals surface area (Å²) in [5.74, 6) is 0.535. The fourth-order valence-electron chi connectivity index (χ4n) is 4.73. The molecule has 3 aromatic rings. The zero-order valence-electron chi connectivity index (χ0n) is 21.1. The first-order valence-corrected chi connectivity index (χ1v) is 12.5. The molecule has 0 radical (unpaired) electrons. The largest absolute Gasteiger partial charge is 0.371 e. The number of hydrogen-bond acceptors (Lipinski definition) is 3. The normalized spacial score (nSPS) is 14.3. The van der Waals surface area contributed by atoms with Gasteiger partial charge in [0.05, 0.1) is 11.2 Å². The number of benzene rings is 2. The number of piperidine rings is 1. The lowest BCUT2D eigenvalue weighted by atomic mass is 10.1. The van der Waals surface area contributed by atoms with E-state index < -0.39 is 0 Å². The molecule has 0 spiro atoms. The van der Waals surface area contributed by atoms with Crippen LogP contribution in [0.5, 0.6) is 0 Å². The van der Waals surface area contributed by atoms with Crippen molar-refractivity contribution < 1.29 is 0 Å². The van der Waals surface area contributed by atoms with Crippen LogP contribution in [0.2, 0.25) is 0 Å². The summed E-state index contributed by atoms with van der Waals surface area (Å²) < 4.78 is 1.87. The molecule has 0 bridgehead atoms. The van der Waals surface area contributed by atoms with E-state index in [-0.39, 0.29) is 5.56 Å². The molecule has 0 amide bonds. The first-order valence-electron chi connectivity index (χ1n) is 12.5. The number of rotatable bonds is 7. The van der Waals surface area contributed by atoms with Gasteiger partial charge in [0.15, 0.2) is 0 Å². The molecule has 0 unspecified atom stereocenters. The van der Waals surface area contributed by atoms with Gasteiger partial charge in [0.1, 0.15) is 0 Å². The number of allylic oxidation sites excluding steroid dienone is 1. The Morgan fingerprint density at radius 1 is 1.06 bits per heavy atom. The molecule has 178 valence electrons. The van der Waals surface area contributed by atoms with E-state index in [1.165, 1.54) is 24.8 Å². The van der Waals surface area contributed by atoms with Gasteiger partial charge < -0.3 is 14.4 Å². The molecule has 0 saturated carbocycles. The van der Waals surface area contributed by atoms with Gasteiger partial charge in [-0.2, -0.15) is 0 Å². The number of pyridine rings is 1. The molecule has 1 aliphatic heterocycles. The number of hydrogen-bond donors (Lipinski definition) is 0. The van der Waals surface area contributed by atoms with Crippen molar-refractivity contribution in [3.05, 3.63) is 82.7 Å². The Labute approximate surface area is 203 Å². The van der Waals surface area contributed by atoms with E-state index in [2.05, 4.69) is 91.9 Å². The summed E-state index contributed by atoms with van der Waals surface area (Å²) in [7, 11) is 2.06. The number of anilines is 2. The maximum absolute atomic E-state index is 12.9. The summed E-state index contributed by atoms with van der Waals surface area (Å²) in [5.41, 5.74) is 6.45. The molecular weight excluding hydrogens is 418 g/mol. The van der Waals surface area contributed by atoms with Crippen molar-refractivity contribution in [2.24, 2.45) is 5.92 Å². The topological polar surface area (TPSA) is 28.5 Å². The van der Waals surface area contributed by atoms with Gasteiger partial charge in [-0.15, -0.1) is 0 Å². The van der Waals surface area contributed by atoms with E-state index in [0.29, 0.717) is 12.5 Å². The smallest absolute Gasteiger partial charge is 0.253 e. The summed E-state index contributed by atoms with van der Waals surface area (Å²) in [6.45, 7) is 13.5. The van der Waals surface area contributed by atoms with E-state index >= 15 is 0 Å². The van der Waals surface area contributed by atoms with Gasteiger partial charge in [-0.3, -0.25) is 4.79 Å². The average molecular weight is 456 g/mol. The van der Waals surface area contributed by atoms with Crippen LogP contribution in [0.1, 0.15) is 51.2 Å². The molecule has 2 heterocycles. The van der Waals surface area contributed by atoms with Crippen molar-refractivity contribution in [1.82, 2.24) is 4.57 Å². The van der Waals surface area contributed by atoms with E-state index in [4.69, 9.17) is 0 Å². The van der Waals surface area contributed by atoms with Crippen molar-refractivity contribution in [2.45, 2.75) is 46.6 Å². The predicted octanol–water partition coefficient (Wildman–Crippen LogP) is 6.79. The molecule has 0 atom stereocenters. The van der Waals surface area contributed by atoms with Crippen molar-refractivity contribution in [3.8, 4) is 0 Å². The first kappa shape index (κ1) is 23.9. The minimum atomic E-state index is 0.0766. The van der Waals surface area contributed by atoms with Gasteiger partial charge in [0, 0.05) is 49.5 Å². The van der Waals surface area contributed by atoms with E-state index in [9.17, 15) is 4.79 Å². The van der Waals surface area contributed by atoms with Gasteiger partial charge in [-0.1, -0.05) is 56.8 Å². The van der Waals surface area contributed by atoms with Crippen molar-refractivity contribution in [3.63, 3.8) is 0 Å². The lowest BCUT2D eigenvalue weighted by Crippen LogP contribution is -2.31. The van der Waals surface area contributed by atoms with Crippen LogP contribution in [0.3, 0.4) is 0 Å². The number of aromatic nitrogens is 1. The zero-order valence-corrected chi connectivity index (χ0v) is 21.1. The minimum absolute atomic E-state index is 0.0766. The summed E-state index contributed by atoms with van der Waals surface area (Å²) in [4.78, 5) is 17.4. The van der Waals surface area contributed by atoms with Crippen LogP contribution in [0.25, 0.3) is 22.7 Å². The van der Waals surface area contributed by atoms with Crippen LogP contribution in [0.4, 0.5) is 11.4 Å². The maximum atomic E-state index is 12.9. The Balaban J connectivity index is 1.69. The highest BCUT2D eigenvalue weighted by molar-refractivity contribution is 5.95. The van der Waals surface area contributed by atoms with Crippen LogP contribution in [-0.2, 0) is 6.54 Å². The highest BCUT2D eigenvalue weighted by Crippen LogP contribution is 2.33. The zero-order chi connectivity index (χ0) is 24.2. The highest BCUT2D eigenvalue weighted by atomic mass is 16.1. The van der Waals surface area contributed by atoms with Crippen LogP contribution in [0.15, 0.2) is 66.0 Å². The van der Waals surface area contributed by atoms with Crippen LogP contribution in [-0.4, -0.2) is 24.7 Å². The second-order valence-electron chi connectivity index (χ2n) is 9.59. The summed E-state index contributed by atoms with van der Waals surface area (Å²) >= 11 is 0. The quantitative estimate of drug-likeness (QED) is 0.393. The minimum Gasteiger partial charge on any atom is -0.371 e. The summed E-state index contributed by atoms with van der Waals surface area (Å²) in [6, 6.07) is 16.8. The lowest BCUT2D eigenvalue weighted by molar-refractivity contribution is 0.578. The van der Waals surface area contributed by atoms with Crippen LogP contribution in [0, 0.1) is 5.92 Å². The van der Waals surface area contributed by atoms with E-state index in [1.54, 1.807) is 0 Å². The van der Waals surface area contributed by atoms with Crippen molar-refractivity contribution in [2.75, 3.05) is 29.9 Å². The molecule has 2 aromatic carbocycles. The molecule has 1 aromatic heterocycles. The monoisotopic (exact) mass is 455 g/mol. The first-order chi connectivity index (χ1) is 16.4. The standard InChI is InChI=1S/C30H37N3O/c1-6-33-28-17-16-26(20-27(28)29(21-30(33)34)32-18-8-7-9-19-32)31(5)23(4)25-14-12-24(13-15-25)11-10-22(2)3/h10-17,20-22H,4,6-9,18-19H2,1-3,5H3/b11-10+. The van der Waals surface area contributed by atoms with Gasteiger partial charge in [-0.25, -0.2) is 0 Å². The molecule has 34 heavy (non-hydrogen) atoms. The SMILES string of the molecule is C=C(c1ccc(/C=C/C(C)C)cc1)N(C)c1ccc2c(c1)c(N1CCCCC1)cc(=O)n2CC. The Morgan fingerprint density at radius 3 is 2.41 bits per heavy atom. The Bertz CT molecular complexity index is 1240. The predicted molar refractivity (Wildman–Crippen MR) is 148 cm³/mol. The molecule has 0 aliphatic carbocycles. The lowest BCUT2D eigenvalue weighted by Gasteiger charge is -2.31. The molecule has 1 fully saturated rings. The van der Waals surface area contributed by atoms with E-state index in [0.717, 1.165) is 46.6 Å². The highest BCUT2D eigenvalue weighted by Gasteiger charge is 2.18. The van der Waals surface area contributed by atoms with Gasteiger partial charge >= 0.3 is 0 Å². The van der Waals surface area contributed by atoms with Gasteiger partial charge in [0.25, 0.3) is 5.56 Å². The molecule has 4 rings (SSSR count). The average Bonchev–Trinajstić information content (AvgIpc) is 2.86. The van der Waals surface area contributed by atoms with Gasteiger partial charge in [-0.05, 0) is 61.4 Å². The van der Waals surface area contributed by atoms with Crippen molar-refractivity contribution in [1.29, 1.82) is 0 Å². The van der Waals surface area contributed by atoms with Crippen molar-refractivity contribution >= 4 is 34.1 Å². The van der Waals surface area contributed by atoms with Crippen LogP contribution < -0.4 is 15.4 Å². The summed E-state index contributed by atoms with van der Waals surface area (Å²) in [5, 5.41) is 1.13. The fraction of sp³-hybridized carbons (Fsp3) is 0.367. The molecule has 1 aliphatic rings. The third-order valence-corrected chi connectivity index (χ3v) is 6.80. The molecular formula is C30H37N3O. The van der Waals surface area contributed by atoms with Crippen LogP contribution >= 0.6 is 0 Å². The van der Waals surface area contributed by atoms with E-state index in [1.807, 2.05) is 17.6 Å². The number of nitrogens with zero attached hydrogens (tertiary/aromatic N) is 3. The third-order valence-electron chi connectivity index (χ3n) is 6.80. The fourth-order valence-corrected chi connectivity index (χ4v) is 4.73. The Hall–Kier alpha value is -3.27. The maximum Gasteiger partial charge on any atom is 0.253 e. The molecule has 1 saturated heterocycles. The number of fused-ring (bicyclic) bond motifs is 1. The van der Waals surface area contributed by atoms with Gasteiger partial charge in [0.2, 0.25) is 0 Å². The second kappa shape index (κ2) is 10.3.